The molecule has 32 heavy (non-hydrogen) atoms. The van der Waals surface area contributed by atoms with Crippen molar-refractivity contribution in [1.29, 1.82) is 0 Å². The lowest BCUT2D eigenvalue weighted by Gasteiger charge is -2.28. The Bertz CT molecular complexity index is 1130. The number of carbonyl (C=O) groups is 1. The lowest BCUT2D eigenvalue weighted by Crippen LogP contribution is -2.36. The molecule has 1 aromatic heterocycles. The zero-order chi connectivity index (χ0) is 22.8. The van der Waals surface area contributed by atoms with E-state index in [4.69, 9.17) is 9.72 Å². The molecule has 1 saturated heterocycles. The summed E-state index contributed by atoms with van der Waals surface area (Å²) < 4.78 is 32.9. The summed E-state index contributed by atoms with van der Waals surface area (Å²) in [6.45, 7) is 4.44. The molecule has 0 bridgehead atoms. The van der Waals surface area contributed by atoms with Gasteiger partial charge in [0.2, 0.25) is 0 Å². The first-order valence-electron chi connectivity index (χ1n) is 10.4. The summed E-state index contributed by atoms with van der Waals surface area (Å²) in [5, 5.41) is 3.27. The highest BCUT2D eigenvalue weighted by Crippen LogP contribution is 2.29. The molecule has 1 fully saturated rings. The molecule has 3 aromatic rings. The van der Waals surface area contributed by atoms with Crippen LogP contribution in [0.1, 0.15) is 28.9 Å². The third kappa shape index (κ3) is 4.62. The summed E-state index contributed by atoms with van der Waals surface area (Å²) in [6.07, 6.45) is 1.69. The van der Waals surface area contributed by atoms with Gasteiger partial charge in [-0.2, -0.15) is 0 Å². The number of hydrogen-bond donors (Lipinski definition) is 1. The summed E-state index contributed by atoms with van der Waals surface area (Å²) >= 11 is 0. The minimum Gasteiger partial charge on any atom is -0.378 e. The quantitative estimate of drug-likeness (QED) is 0.652. The van der Waals surface area contributed by atoms with Crippen LogP contribution in [0.4, 0.5) is 20.3 Å². The van der Waals surface area contributed by atoms with E-state index in [-0.39, 0.29) is 5.91 Å². The van der Waals surface area contributed by atoms with E-state index in [1.54, 1.807) is 39.3 Å². The molecule has 2 aromatic carbocycles. The number of amides is 1. The number of nitrogens with zero attached hydrogens (tertiary/aromatic N) is 4. The predicted octanol–water partition coefficient (Wildman–Crippen LogP) is 3.62. The third-order valence-electron chi connectivity index (χ3n) is 5.38. The lowest BCUT2D eigenvalue weighted by atomic mass is 10.1. The fourth-order valence-electron chi connectivity index (χ4n) is 3.68. The van der Waals surface area contributed by atoms with Crippen molar-refractivity contribution in [2.45, 2.75) is 13.0 Å². The average Bonchev–Trinajstić information content (AvgIpc) is 2.78. The minimum absolute atomic E-state index is 0.182. The van der Waals surface area contributed by atoms with Crippen LogP contribution < -0.4 is 10.2 Å². The second-order valence-corrected chi connectivity index (χ2v) is 7.99. The van der Waals surface area contributed by atoms with Gasteiger partial charge in [-0.25, -0.2) is 13.8 Å². The zero-order valence-corrected chi connectivity index (χ0v) is 18.2. The molecule has 7 nitrogen and oxygen atoms in total. The van der Waals surface area contributed by atoms with Gasteiger partial charge in [0.25, 0.3) is 5.91 Å². The first kappa shape index (κ1) is 21.9. The lowest BCUT2D eigenvalue weighted by molar-refractivity contribution is 0.0827. The summed E-state index contributed by atoms with van der Waals surface area (Å²) in [4.78, 5) is 25.5. The number of halogens is 2. The van der Waals surface area contributed by atoms with Gasteiger partial charge in [-0.15, -0.1) is 0 Å². The number of ether oxygens (including phenoxy) is 1. The second kappa shape index (κ2) is 9.04. The van der Waals surface area contributed by atoms with E-state index in [1.165, 1.54) is 17.0 Å². The highest BCUT2D eigenvalue weighted by molar-refractivity contribution is 6.01. The van der Waals surface area contributed by atoms with Gasteiger partial charge in [0, 0.05) is 44.9 Å². The Morgan fingerprint density at radius 1 is 1.12 bits per heavy atom. The molecule has 1 atom stereocenters. The third-order valence-corrected chi connectivity index (χ3v) is 5.38. The van der Waals surface area contributed by atoms with Gasteiger partial charge in [-0.1, -0.05) is 0 Å². The van der Waals surface area contributed by atoms with Crippen LogP contribution in [0.2, 0.25) is 0 Å². The summed E-state index contributed by atoms with van der Waals surface area (Å²) in [5.74, 6) is -0.771. The van der Waals surface area contributed by atoms with Crippen molar-refractivity contribution in [1.82, 2.24) is 14.9 Å². The van der Waals surface area contributed by atoms with Crippen LogP contribution in [0.15, 0.2) is 36.5 Å². The second-order valence-electron chi connectivity index (χ2n) is 7.99. The minimum atomic E-state index is -0.649. The Kier molecular flexibility index (Phi) is 6.18. The van der Waals surface area contributed by atoms with E-state index in [0.717, 1.165) is 6.07 Å². The van der Waals surface area contributed by atoms with E-state index in [1.807, 2.05) is 0 Å². The first-order chi connectivity index (χ1) is 15.3. The highest BCUT2D eigenvalue weighted by Gasteiger charge is 2.19. The van der Waals surface area contributed by atoms with Crippen molar-refractivity contribution in [3.8, 4) is 0 Å². The van der Waals surface area contributed by atoms with Crippen LogP contribution in [-0.4, -0.2) is 61.2 Å². The van der Waals surface area contributed by atoms with E-state index >= 15 is 0 Å². The van der Waals surface area contributed by atoms with Crippen LogP contribution in [-0.2, 0) is 4.74 Å². The van der Waals surface area contributed by atoms with E-state index in [0.29, 0.717) is 60.0 Å². The number of anilines is 2. The fourth-order valence-corrected chi connectivity index (χ4v) is 3.68. The number of benzene rings is 2. The maximum absolute atomic E-state index is 13.7. The highest BCUT2D eigenvalue weighted by atomic mass is 19.1. The van der Waals surface area contributed by atoms with Gasteiger partial charge < -0.3 is 19.9 Å². The number of fused-ring (bicyclic) bond motifs is 1. The van der Waals surface area contributed by atoms with Crippen LogP contribution >= 0.6 is 0 Å². The summed E-state index contributed by atoms with van der Waals surface area (Å²) in [7, 11) is 3.34. The van der Waals surface area contributed by atoms with Crippen molar-refractivity contribution in [3.63, 3.8) is 0 Å². The number of carbonyl (C=O) groups excluding carboxylic acids is 1. The van der Waals surface area contributed by atoms with Gasteiger partial charge in [0.05, 0.1) is 30.6 Å². The molecule has 1 aliphatic rings. The van der Waals surface area contributed by atoms with Gasteiger partial charge in [-0.05, 0) is 36.8 Å². The molecule has 0 radical (unpaired) electrons. The van der Waals surface area contributed by atoms with Crippen molar-refractivity contribution in [3.05, 3.63) is 59.3 Å². The SMILES string of the molecule is CC(Nc1cc(C(=O)N(C)C)cc2ncc(N3CCOCC3)nc12)c1cc(F)cc(F)c1. The zero-order valence-electron chi connectivity index (χ0n) is 18.2. The number of aromatic nitrogens is 2. The van der Waals surface area contributed by atoms with Crippen molar-refractivity contribution in [2.75, 3.05) is 50.6 Å². The number of rotatable bonds is 5. The van der Waals surface area contributed by atoms with Gasteiger partial charge in [0.15, 0.2) is 0 Å². The molecule has 1 amide bonds. The molecule has 1 unspecified atom stereocenters. The van der Waals surface area contributed by atoms with Crippen LogP contribution in [0.5, 0.6) is 0 Å². The molecule has 168 valence electrons. The molecule has 0 aliphatic carbocycles. The molecular formula is C23H25F2N5O2. The Labute approximate surface area is 185 Å². The van der Waals surface area contributed by atoms with E-state index in [9.17, 15) is 13.6 Å². The number of morpholine rings is 1. The summed E-state index contributed by atoms with van der Waals surface area (Å²) in [6, 6.07) is 6.36. The van der Waals surface area contributed by atoms with E-state index < -0.39 is 17.7 Å². The normalized spacial score (nSPS) is 15.0. The Morgan fingerprint density at radius 2 is 1.81 bits per heavy atom. The standard InChI is InChI=1S/C23H25F2N5O2/c1-14(15-8-17(24)12-18(25)9-15)27-20-11-16(23(31)29(2)3)10-19-22(20)28-21(13-26-19)30-4-6-32-7-5-30/h8-14,27H,4-7H2,1-3H3. The number of nitrogens with one attached hydrogen (secondary N) is 1. The van der Waals surface area contributed by atoms with Gasteiger partial charge in [-0.3, -0.25) is 9.78 Å². The van der Waals surface area contributed by atoms with Crippen LogP contribution in [0.25, 0.3) is 11.0 Å². The van der Waals surface area contributed by atoms with Gasteiger partial charge in [0.1, 0.15) is 23.0 Å². The molecule has 0 saturated carbocycles. The monoisotopic (exact) mass is 441 g/mol. The molecule has 2 heterocycles. The van der Waals surface area contributed by atoms with Crippen molar-refractivity contribution >= 4 is 28.4 Å². The van der Waals surface area contributed by atoms with E-state index in [2.05, 4.69) is 15.2 Å². The summed E-state index contributed by atoms with van der Waals surface area (Å²) in [5.41, 5.74) is 2.57. The molecule has 1 N–H and O–H groups in total. The molecule has 1 aliphatic heterocycles. The van der Waals surface area contributed by atoms with Crippen molar-refractivity contribution in [2.24, 2.45) is 0 Å². The molecule has 0 spiro atoms. The molecule has 4 rings (SSSR count). The maximum Gasteiger partial charge on any atom is 0.253 e. The Morgan fingerprint density at radius 3 is 2.47 bits per heavy atom. The Hall–Kier alpha value is -3.33. The molecular weight excluding hydrogens is 416 g/mol. The van der Waals surface area contributed by atoms with Crippen LogP contribution in [0.3, 0.4) is 0 Å². The van der Waals surface area contributed by atoms with Crippen LogP contribution in [0, 0.1) is 11.6 Å². The topological polar surface area (TPSA) is 70.6 Å². The number of hydrogen-bond acceptors (Lipinski definition) is 6. The predicted molar refractivity (Wildman–Crippen MR) is 119 cm³/mol. The van der Waals surface area contributed by atoms with Crippen molar-refractivity contribution < 1.29 is 18.3 Å². The maximum atomic E-state index is 13.7. The first-order valence-corrected chi connectivity index (χ1v) is 10.4. The largest absolute Gasteiger partial charge is 0.378 e. The average molecular weight is 441 g/mol. The smallest absolute Gasteiger partial charge is 0.253 e. The van der Waals surface area contributed by atoms with Gasteiger partial charge >= 0.3 is 0 Å². The Balaban J connectivity index is 1.77. The molecule has 9 heteroatoms. The fraction of sp³-hybridized carbons (Fsp3) is 0.348.